The van der Waals surface area contributed by atoms with E-state index in [4.69, 9.17) is 5.11 Å². The number of carboxylic acid groups (broad SMARTS) is 1. The van der Waals surface area contributed by atoms with Crippen molar-refractivity contribution in [3.63, 3.8) is 0 Å². The molecule has 0 saturated heterocycles. The predicted molar refractivity (Wildman–Crippen MR) is 60.5 cm³/mol. The van der Waals surface area contributed by atoms with Crippen LogP contribution in [0, 0.1) is 18.6 Å². The minimum absolute atomic E-state index is 0.167. The Hall–Kier alpha value is -2.24. The van der Waals surface area contributed by atoms with Gasteiger partial charge in [-0.1, -0.05) is 0 Å². The van der Waals surface area contributed by atoms with Crippen molar-refractivity contribution < 1.29 is 18.7 Å². The molecule has 0 saturated carbocycles. The van der Waals surface area contributed by atoms with Crippen LogP contribution < -0.4 is 5.43 Å². The summed E-state index contributed by atoms with van der Waals surface area (Å²) in [6, 6.07) is 2.68. The number of carboxylic acids is 1. The normalized spacial score (nSPS) is 10.8. The lowest BCUT2D eigenvalue weighted by Crippen LogP contribution is -2.18. The molecule has 1 N–H and O–H groups in total. The number of carbonyl (C=O) groups is 1. The van der Waals surface area contributed by atoms with E-state index in [1.54, 1.807) is 0 Å². The van der Waals surface area contributed by atoms with Gasteiger partial charge in [-0.2, -0.15) is 0 Å². The molecule has 94 valence electrons. The van der Waals surface area contributed by atoms with Crippen LogP contribution in [0.15, 0.2) is 23.0 Å². The molecule has 0 amide bonds. The van der Waals surface area contributed by atoms with Crippen molar-refractivity contribution in [3.05, 3.63) is 45.8 Å². The van der Waals surface area contributed by atoms with Crippen molar-refractivity contribution in [1.29, 1.82) is 0 Å². The molecule has 0 bridgehead atoms. The first-order valence-corrected chi connectivity index (χ1v) is 5.11. The molecule has 18 heavy (non-hydrogen) atoms. The van der Waals surface area contributed by atoms with E-state index in [0.29, 0.717) is 11.8 Å². The van der Waals surface area contributed by atoms with E-state index >= 15 is 0 Å². The van der Waals surface area contributed by atoms with Crippen LogP contribution >= 0.6 is 0 Å². The number of aromatic nitrogens is 1. The van der Waals surface area contributed by atoms with Crippen molar-refractivity contribution in [2.24, 2.45) is 0 Å². The molecule has 1 heterocycles. The lowest BCUT2D eigenvalue weighted by Gasteiger charge is -2.12. The van der Waals surface area contributed by atoms with Gasteiger partial charge in [0.05, 0.1) is 10.9 Å². The Bertz CT molecular complexity index is 707. The Labute approximate surface area is 100 Å². The van der Waals surface area contributed by atoms with Crippen LogP contribution in [0.5, 0.6) is 0 Å². The molecule has 0 fully saturated rings. The number of hydrogen-bond donors (Lipinski definition) is 1. The summed E-state index contributed by atoms with van der Waals surface area (Å²) in [6.07, 6.45) is 0. The summed E-state index contributed by atoms with van der Waals surface area (Å²) in [4.78, 5) is 22.4. The quantitative estimate of drug-likeness (QED) is 0.885. The Kier molecular flexibility index (Phi) is 2.86. The maximum Gasteiger partial charge on any atom is 0.323 e. The van der Waals surface area contributed by atoms with Gasteiger partial charge in [-0.25, -0.2) is 8.78 Å². The predicted octanol–water partition coefficient (Wildman–Crippen LogP) is 1.67. The number of rotatable bonds is 2. The van der Waals surface area contributed by atoms with E-state index in [1.165, 1.54) is 6.92 Å². The zero-order valence-electron chi connectivity index (χ0n) is 9.41. The first-order chi connectivity index (χ1) is 8.40. The van der Waals surface area contributed by atoms with Gasteiger partial charge in [-0.3, -0.25) is 9.59 Å². The summed E-state index contributed by atoms with van der Waals surface area (Å²) < 4.78 is 27.9. The summed E-state index contributed by atoms with van der Waals surface area (Å²) >= 11 is 0. The van der Waals surface area contributed by atoms with Gasteiger partial charge >= 0.3 is 5.97 Å². The van der Waals surface area contributed by atoms with Crippen molar-refractivity contribution in [1.82, 2.24) is 4.57 Å². The average molecular weight is 253 g/mol. The highest BCUT2D eigenvalue weighted by Gasteiger charge is 2.14. The molecule has 2 aromatic rings. The minimum Gasteiger partial charge on any atom is -0.480 e. The molecular weight excluding hydrogens is 244 g/mol. The lowest BCUT2D eigenvalue weighted by atomic mass is 10.1. The van der Waals surface area contributed by atoms with Crippen LogP contribution in [0.2, 0.25) is 0 Å². The van der Waals surface area contributed by atoms with Crippen LogP contribution in [0.4, 0.5) is 8.78 Å². The molecule has 4 nitrogen and oxygen atoms in total. The largest absolute Gasteiger partial charge is 0.480 e. The SMILES string of the molecule is Cc1cc(=O)c2cc(F)cc(F)c2n1CC(=O)O. The van der Waals surface area contributed by atoms with Gasteiger partial charge < -0.3 is 9.67 Å². The molecular formula is C12H9F2NO3. The number of benzene rings is 1. The maximum atomic E-state index is 13.7. The first-order valence-electron chi connectivity index (χ1n) is 5.11. The van der Waals surface area contributed by atoms with Gasteiger partial charge in [0.1, 0.15) is 12.4 Å². The van der Waals surface area contributed by atoms with Gasteiger partial charge in [0.15, 0.2) is 11.2 Å². The number of fused-ring (bicyclic) bond motifs is 1. The van der Waals surface area contributed by atoms with Crippen molar-refractivity contribution >= 4 is 16.9 Å². The zero-order valence-corrected chi connectivity index (χ0v) is 9.41. The molecule has 0 aliphatic heterocycles. The smallest absolute Gasteiger partial charge is 0.323 e. The van der Waals surface area contributed by atoms with Gasteiger partial charge in [0, 0.05) is 17.8 Å². The van der Waals surface area contributed by atoms with Gasteiger partial charge in [0.2, 0.25) is 0 Å². The van der Waals surface area contributed by atoms with E-state index in [0.717, 1.165) is 16.7 Å². The van der Waals surface area contributed by atoms with Crippen LogP contribution in [0.1, 0.15) is 5.69 Å². The summed E-state index contributed by atoms with van der Waals surface area (Å²) in [6.45, 7) is 0.998. The monoisotopic (exact) mass is 253 g/mol. The fourth-order valence-electron chi connectivity index (χ4n) is 1.89. The molecule has 1 aromatic heterocycles. The number of aryl methyl sites for hydroxylation is 1. The third-order valence-electron chi connectivity index (χ3n) is 2.62. The second kappa shape index (κ2) is 4.21. The van der Waals surface area contributed by atoms with Gasteiger partial charge in [-0.15, -0.1) is 0 Å². The third kappa shape index (κ3) is 1.97. The number of hydrogen-bond acceptors (Lipinski definition) is 2. The van der Waals surface area contributed by atoms with E-state index in [1.807, 2.05) is 0 Å². The standard InChI is InChI=1S/C12H9F2NO3/c1-6-2-10(16)8-3-7(13)4-9(14)12(8)15(6)5-11(17)18/h2-4H,5H2,1H3,(H,17,18). The topological polar surface area (TPSA) is 59.3 Å². The molecule has 1 aromatic carbocycles. The minimum atomic E-state index is -1.17. The molecule has 6 heteroatoms. The second-order valence-corrected chi connectivity index (χ2v) is 3.91. The van der Waals surface area contributed by atoms with Crippen LogP contribution in [0.25, 0.3) is 10.9 Å². The number of pyridine rings is 1. The van der Waals surface area contributed by atoms with Crippen LogP contribution in [-0.2, 0) is 11.3 Å². The van der Waals surface area contributed by atoms with E-state index in [-0.39, 0.29) is 10.9 Å². The highest BCUT2D eigenvalue weighted by Crippen LogP contribution is 2.18. The molecule has 0 aliphatic rings. The van der Waals surface area contributed by atoms with Crippen molar-refractivity contribution in [2.45, 2.75) is 13.5 Å². The second-order valence-electron chi connectivity index (χ2n) is 3.91. The number of aliphatic carboxylic acids is 1. The molecule has 0 unspecified atom stereocenters. The zero-order chi connectivity index (χ0) is 13.4. The molecule has 2 rings (SSSR count). The summed E-state index contributed by atoms with van der Waals surface area (Å²) in [5.41, 5.74) is -0.424. The van der Waals surface area contributed by atoms with Crippen LogP contribution in [-0.4, -0.2) is 15.6 Å². The fraction of sp³-hybridized carbons (Fsp3) is 0.167. The molecule has 0 spiro atoms. The average Bonchev–Trinajstić information content (AvgIpc) is 2.23. The Morgan fingerprint density at radius 1 is 1.33 bits per heavy atom. The Morgan fingerprint density at radius 3 is 2.61 bits per heavy atom. The number of halogens is 2. The highest BCUT2D eigenvalue weighted by atomic mass is 19.1. The summed E-state index contributed by atoms with van der Waals surface area (Å²) in [5.74, 6) is -3.00. The summed E-state index contributed by atoms with van der Waals surface area (Å²) in [5, 5.41) is 8.60. The van der Waals surface area contributed by atoms with E-state index in [9.17, 15) is 18.4 Å². The fourth-order valence-corrected chi connectivity index (χ4v) is 1.89. The molecule has 0 radical (unpaired) electrons. The Morgan fingerprint density at radius 2 is 2.00 bits per heavy atom. The van der Waals surface area contributed by atoms with Gasteiger partial charge in [-0.05, 0) is 13.0 Å². The third-order valence-corrected chi connectivity index (χ3v) is 2.62. The van der Waals surface area contributed by atoms with Crippen molar-refractivity contribution in [3.8, 4) is 0 Å². The van der Waals surface area contributed by atoms with Crippen LogP contribution in [0.3, 0.4) is 0 Å². The number of nitrogens with zero attached hydrogens (tertiary/aromatic N) is 1. The highest BCUT2D eigenvalue weighted by molar-refractivity contribution is 5.81. The van der Waals surface area contributed by atoms with E-state index < -0.39 is 29.6 Å². The Balaban J connectivity index is 2.93. The lowest BCUT2D eigenvalue weighted by molar-refractivity contribution is -0.137. The van der Waals surface area contributed by atoms with Crippen molar-refractivity contribution in [2.75, 3.05) is 0 Å². The van der Waals surface area contributed by atoms with E-state index in [2.05, 4.69) is 0 Å². The van der Waals surface area contributed by atoms with Gasteiger partial charge in [0.25, 0.3) is 0 Å². The first kappa shape index (κ1) is 12.2. The molecule has 0 atom stereocenters. The molecule has 0 aliphatic carbocycles. The maximum absolute atomic E-state index is 13.7. The summed E-state index contributed by atoms with van der Waals surface area (Å²) in [7, 11) is 0.